The van der Waals surface area contributed by atoms with E-state index in [0.717, 1.165) is 23.7 Å². The van der Waals surface area contributed by atoms with Gasteiger partial charge in [-0.25, -0.2) is 0 Å². The summed E-state index contributed by atoms with van der Waals surface area (Å²) in [4.78, 5) is 5.61. The van der Waals surface area contributed by atoms with Crippen LogP contribution in [0, 0.1) is 23.7 Å². The van der Waals surface area contributed by atoms with Crippen LogP contribution in [0.25, 0.3) is 21.9 Å². The third kappa shape index (κ3) is 4.84. The molecule has 6 aliphatic rings. The minimum absolute atomic E-state index is 0.0659. The monoisotopic (exact) mass is 721 g/mol. The lowest BCUT2D eigenvalue weighted by Crippen LogP contribution is -2.57. The number of hydrogen-bond donors (Lipinski definition) is 0. The molecule has 5 aliphatic carbocycles. The normalized spacial score (nSPS) is 26.7. The van der Waals surface area contributed by atoms with E-state index in [1.165, 1.54) is 105 Å². The van der Waals surface area contributed by atoms with E-state index in [4.69, 9.17) is 0 Å². The summed E-state index contributed by atoms with van der Waals surface area (Å²) in [5.74, 6) is 3.29. The van der Waals surface area contributed by atoms with Crippen molar-refractivity contribution in [3.63, 3.8) is 0 Å². The first kappa shape index (κ1) is 33.1. The third-order valence-electron chi connectivity index (χ3n) is 14.9. The summed E-state index contributed by atoms with van der Waals surface area (Å²) in [7, 11) is 0. The van der Waals surface area contributed by atoms with Gasteiger partial charge >= 0.3 is 0 Å². The molecule has 1 nitrogen and oxygen atoms in total. The average Bonchev–Trinajstić information content (AvgIpc) is 3.18. The lowest BCUT2D eigenvalue weighted by Gasteiger charge is -2.63. The summed E-state index contributed by atoms with van der Waals surface area (Å²) < 4.78 is 0. The Hall–Kier alpha value is -4.27. The van der Waals surface area contributed by atoms with Crippen LogP contribution in [0.1, 0.15) is 94.9 Å². The summed E-state index contributed by atoms with van der Waals surface area (Å²) in [6, 6.07) is 49.3. The van der Waals surface area contributed by atoms with Crippen LogP contribution in [0.3, 0.4) is 0 Å². The van der Waals surface area contributed by atoms with Crippen molar-refractivity contribution in [2.45, 2.75) is 98.7 Å². The number of anilines is 3. The molecule has 0 N–H and O–H groups in total. The Balaban J connectivity index is 1.11. The van der Waals surface area contributed by atoms with Crippen LogP contribution < -0.4 is 4.90 Å². The van der Waals surface area contributed by atoms with Gasteiger partial charge in [-0.3, -0.25) is 0 Å². The predicted molar refractivity (Wildman–Crippen MR) is 228 cm³/mol. The lowest BCUT2D eigenvalue weighted by molar-refractivity contribution is -0.0443. The largest absolute Gasteiger partial charge is 0.310 e. The molecule has 270 valence electrons. The molecule has 1 heterocycles. The maximum atomic E-state index is 2.68. The van der Waals surface area contributed by atoms with Crippen LogP contribution >= 0.6 is 11.8 Å². The first-order valence-electron chi connectivity index (χ1n) is 20.6. The molecular formula is C52H51NS. The summed E-state index contributed by atoms with van der Waals surface area (Å²) in [5, 5.41) is 2.57. The highest BCUT2D eigenvalue weighted by molar-refractivity contribution is 7.99. The summed E-state index contributed by atoms with van der Waals surface area (Å²) in [6.07, 6.45) is 9.44. The molecular weight excluding hydrogens is 671 g/mol. The fourth-order valence-corrected chi connectivity index (χ4v) is 13.7. The van der Waals surface area contributed by atoms with Crippen molar-refractivity contribution in [2.24, 2.45) is 23.7 Å². The smallest absolute Gasteiger partial charge is 0.0502 e. The number of rotatable bonds is 4. The first-order chi connectivity index (χ1) is 26.2. The molecule has 0 aromatic heterocycles. The van der Waals surface area contributed by atoms with E-state index in [0.29, 0.717) is 0 Å². The molecule has 0 saturated heterocycles. The second-order valence-corrected chi connectivity index (χ2v) is 19.9. The molecule has 2 heteroatoms. The molecule has 0 amide bonds. The fourth-order valence-electron chi connectivity index (χ4n) is 12.5. The quantitative estimate of drug-likeness (QED) is 0.178. The van der Waals surface area contributed by atoms with E-state index in [1.54, 1.807) is 11.1 Å². The van der Waals surface area contributed by atoms with Crippen molar-refractivity contribution in [1.82, 2.24) is 0 Å². The van der Waals surface area contributed by atoms with Gasteiger partial charge in [-0.1, -0.05) is 118 Å². The highest BCUT2D eigenvalue weighted by atomic mass is 32.2. The van der Waals surface area contributed by atoms with Gasteiger partial charge in [0.05, 0.1) is 5.69 Å². The third-order valence-corrected chi connectivity index (χ3v) is 16.1. The van der Waals surface area contributed by atoms with Crippen LogP contribution in [0.4, 0.5) is 17.1 Å². The van der Waals surface area contributed by atoms with Gasteiger partial charge in [-0.15, -0.1) is 0 Å². The minimum atomic E-state index is 0.0659. The zero-order chi connectivity index (χ0) is 36.4. The summed E-state index contributed by atoms with van der Waals surface area (Å²) >= 11 is 2.02. The zero-order valence-corrected chi connectivity index (χ0v) is 33.1. The van der Waals surface area contributed by atoms with Crippen molar-refractivity contribution in [2.75, 3.05) is 4.90 Å². The Labute approximate surface area is 326 Å². The molecule has 6 aromatic rings. The predicted octanol–water partition coefficient (Wildman–Crippen LogP) is 14.5. The van der Waals surface area contributed by atoms with Crippen LogP contribution in [-0.4, -0.2) is 0 Å². The molecule has 4 bridgehead atoms. The van der Waals surface area contributed by atoms with Crippen molar-refractivity contribution in [1.29, 1.82) is 0 Å². The van der Waals surface area contributed by atoms with E-state index in [1.807, 2.05) is 11.8 Å². The van der Waals surface area contributed by atoms with Gasteiger partial charge in [0.1, 0.15) is 0 Å². The molecule has 12 rings (SSSR count). The average molecular weight is 722 g/mol. The van der Waals surface area contributed by atoms with Crippen molar-refractivity contribution < 1.29 is 0 Å². The van der Waals surface area contributed by atoms with Crippen LogP contribution in [0.5, 0.6) is 0 Å². The highest BCUT2D eigenvalue weighted by Crippen LogP contribution is 2.69. The highest BCUT2D eigenvalue weighted by Gasteiger charge is 2.60. The Kier molecular flexibility index (Phi) is 7.27. The molecule has 4 saturated carbocycles. The Morgan fingerprint density at radius 2 is 1.13 bits per heavy atom. The zero-order valence-electron chi connectivity index (χ0n) is 32.2. The second-order valence-electron chi connectivity index (χ2n) is 18.9. The molecule has 0 radical (unpaired) electrons. The fraction of sp³-hybridized carbons (Fsp3) is 0.346. The number of nitrogens with zero attached hydrogens (tertiary/aromatic N) is 1. The van der Waals surface area contributed by atoms with E-state index in [2.05, 4.69) is 160 Å². The molecule has 1 spiro atoms. The topological polar surface area (TPSA) is 3.24 Å². The maximum Gasteiger partial charge on any atom is 0.0502 e. The number of benzene rings is 6. The van der Waals surface area contributed by atoms with E-state index in [9.17, 15) is 0 Å². The SMILES string of the molecule is CC1(C)CCC(C)(C)c2c(N(c3ccc(-c4ccc5ccccc5c4)cc3)c3ccc4c(c3)C3(c5ccccc5S4)C4CC5CC(C4)CC3C5)cccc21. The van der Waals surface area contributed by atoms with Crippen LogP contribution in [0.15, 0.2) is 137 Å². The van der Waals surface area contributed by atoms with Gasteiger partial charge in [0, 0.05) is 26.6 Å². The van der Waals surface area contributed by atoms with Gasteiger partial charge in [0.2, 0.25) is 0 Å². The Morgan fingerprint density at radius 3 is 1.91 bits per heavy atom. The van der Waals surface area contributed by atoms with E-state index in [-0.39, 0.29) is 16.2 Å². The molecule has 0 unspecified atom stereocenters. The van der Waals surface area contributed by atoms with Gasteiger partial charge in [-0.2, -0.15) is 0 Å². The Bertz CT molecular complexity index is 2420. The van der Waals surface area contributed by atoms with Crippen LogP contribution in [0.2, 0.25) is 0 Å². The van der Waals surface area contributed by atoms with Crippen molar-refractivity contribution in [3.8, 4) is 11.1 Å². The van der Waals surface area contributed by atoms with Gasteiger partial charge in [0.15, 0.2) is 0 Å². The summed E-state index contributed by atoms with van der Waals surface area (Å²) in [5.41, 5.74) is 12.9. The molecule has 54 heavy (non-hydrogen) atoms. The molecule has 0 atom stereocenters. The number of fused-ring (bicyclic) bond motifs is 4. The van der Waals surface area contributed by atoms with Crippen molar-refractivity contribution in [3.05, 3.63) is 150 Å². The Morgan fingerprint density at radius 1 is 0.500 bits per heavy atom. The van der Waals surface area contributed by atoms with E-state index < -0.39 is 0 Å². The maximum absolute atomic E-state index is 2.68. The first-order valence-corrected chi connectivity index (χ1v) is 21.5. The molecule has 6 aromatic carbocycles. The lowest BCUT2D eigenvalue weighted by atomic mass is 9.42. The van der Waals surface area contributed by atoms with Crippen molar-refractivity contribution >= 4 is 39.6 Å². The molecule has 1 aliphatic heterocycles. The minimum Gasteiger partial charge on any atom is -0.310 e. The van der Waals surface area contributed by atoms with Crippen LogP contribution in [-0.2, 0) is 16.2 Å². The second kappa shape index (κ2) is 11.9. The standard InChI is InChI=1S/C52H51NS/c1-50(2)24-25-51(3,4)49-44(50)13-9-14-46(49)53(41-20-18-36(19-21-41)38-17-16-35-10-5-6-11-37(35)31-38)42-22-23-48-45(32-42)52(43-12-7-8-15-47(43)54-48)39-27-33-26-34(29-39)30-40(52)28-33/h5-23,31-34,39-40H,24-30H2,1-4H3. The van der Waals surface area contributed by atoms with Gasteiger partial charge in [-0.05, 0) is 172 Å². The number of hydrogen-bond acceptors (Lipinski definition) is 2. The van der Waals surface area contributed by atoms with Gasteiger partial charge in [0.25, 0.3) is 0 Å². The van der Waals surface area contributed by atoms with E-state index >= 15 is 0 Å². The summed E-state index contributed by atoms with van der Waals surface area (Å²) in [6.45, 7) is 9.87. The van der Waals surface area contributed by atoms with Gasteiger partial charge < -0.3 is 4.90 Å². The molecule has 4 fully saturated rings.